The van der Waals surface area contributed by atoms with Crippen molar-refractivity contribution in [2.45, 2.75) is 6.54 Å². The van der Waals surface area contributed by atoms with E-state index in [9.17, 15) is 18.8 Å². The first-order valence-electron chi connectivity index (χ1n) is 8.43. The van der Waals surface area contributed by atoms with Crippen LogP contribution in [0.3, 0.4) is 0 Å². The minimum absolute atomic E-state index is 0.0691. The van der Waals surface area contributed by atoms with Crippen LogP contribution in [-0.2, 0) is 13.6 Å². The number of nitrogens with one attached hydrogen (secondary N) is 1. The van der Waals surface area contributed by atoms with Crippen molar-refractivity contribution >= 4 is 27.8 Å². The lowest BCUT2D eigenvalue weighted by molar-refractivity contribution is 0.0727. The standard InChI is InChI=1S/C20H15BrFN3O4/c1-25-18(27)16(29-19(28)13-5-3-2-4-6-13)15(24-20(25)21)17(26)23-11-12-7-9-14(22)10-8-12/h2-10H,11H2,1H3,(H,23,26). The molecule has 0 aliphatic rings. The van der Waals surface area contributed by atoms with Crippen LogP contribution in [0.1, 0.15) is 26.4 Å². The largest absolute Gasteiger partial charge is 0.414 e. The van der Waals surface area contributed by atoms with E-state index >= 15 is 0 Å². The highest BCUT2D eigenvalue weighted by Crippen LogP contribution is 2.16. The Bertz CT molecular complexity index is 1120. The van der Waals surface area contributed by atoms with Crippen molar-refractivity contribution in [2.75, 3.05) is 0 Å². The molecule has 0 saturated heterocycles. The van der Waals surface area contributed by atoms with Crippen molar-refractivity contribution in [2.24, 2.45) is 7.05 Å². The van der Waals surface area contributed by atoms with Gasteiger partial charge >= 0.3 is 5.97 Å². The zero-order valence-corrected chi connectivity index (χ0v) is 16.8. The molecule has 2 aromatic carbocycles. The minimum atomic E-state index is -0.792. The van der Waals surface area contributed by atoms with Crippen LogP contribution < -0.4 is 15.6 Å². The van der Waals surface area contributed by atoms with Gasteiger partial charge in [-0.25, -0.2) is 14.2 Å². The van der Waals surface area contributed by atoms with E-state index in [-0.39, 0.29) is 22.5 Å². The molecule has 0 saturated carbocycles. The Morgan fingerprint density at radius 2 is 1.79 bits per heavy atom. The summed E-state index contributed by atoms with van der Waals surface area (Å²) in [4.78, 5) is 41.6. The van der Waals surface area contributed by atoms with Crippen molar-refractivity contribution < 1.29 is 18.7 Å². The maximum absolute atomic E-state index is 13.0. The molecule has 0 unspecified atom stereocenters. The molecule has 0 spiro atoms. The van der Waals surface area contributed by atoms with E-state index in [1.807, 2.05) is 0 Å². The van der Waals surface area contributed by atoms with E-state index in [0.29, 0.717) is 5.56 Å². The average Bonchev–Trinajstić information content (AvgIpc) is 2.73. The molecule has 0 radical (unpaired) electrons. The molecule has 148 valence electrons. The summed E-state index contributed by atoms with van der Waals surface area (Å²) in [6, 6.07) is 13.6. The predicted molar refractivity (Wildman–Crippen MR) is 106 cm³/mol. The molecule has 3 rings (SSSR count). The fraction of sp³-hybridized carbons (Fsp3) is 0.100. The number of carbonyl (C=O) groups excluding carboxylic acids is 2. The van der Waals surface area contributed by atoms with Crippen LogP contribution in [0.4, 0.5) is 4.39 Å². The Labute approximate surface area is 173 Å². The Hall–Kier alpha value is -3.33. The molecule has 3 aromatic rings. The molecule has 7 nitrogen and oxygen atoms in total. The molecule has 1 N–H and O–H groups in total. The molecule has 1 heterocycles. The highest BCUT2D eigenvalue weighted by atomic mass is 79.9. The van der Waals surface area contributed by atoms with E-state index in [1.165, 1.54) is 43.4 Å². The lowest BCUT2D eigenvalue weighted by Gasteiger charge is -2.12. The molecule has 1 amide bonds. The second-order valence-electron chi connectivity index (χ2n) is 5.99. The van der Waals surface area contributed by atoms with Crippen molar-refractivity contribution in [1.82, 2.24) is 14.9 Å². The molecule has 9 heteroatoms. The highest BCUT2D eigenvalue weighted by molar-refractivity contribution is 9.10. The summed E-state index contributed by atoms with van der Waals surface area (Å²) in [6.07, 6.45) is 0. The van der Waals surface area contributed by atoms with E-state index in [4.69, 9.17) is 4.74 Å². The first-order chi connectivity index (χ1) is 13.9. The van der Waals surface area contributed by atoms with Crippen molar-refractivity contribution in [1.29, 1.82) is 0 Å². The molecule has 0 aliphatic carbocycles. The smallest absolute Gasteiger partial charge is 0.343 e. The number of esters is 1. The number of carbonyl (C=O) groups is 2. The third kappa shape index (κ3) is 4.75. The molecule has 0 fully saturated rings. The van der Waals surface area contributed by atoms with Gasteiger partial charge in [-0.1, -0.05) is 30.3 Å². The van der Waals surface area contributed by atoms with Gasteiger partial charge in [0.05, 0.1) is 5.56 Å². The second kappa shape index (κ2) is 8.78. The van der Waals surface area contributed by atoms with Crippen molar-refractivity contribution in [3.8, 4) is 5.75 Å². The Morgan fingerprint density at radius 3 is 2.45 bits per heavy atom. The lowest BCUT2D eigenvalue weighted by atomic mass is 10.2. The van der Waals surface area contributed by atoms with Crippen molar-refractivity contribution in [3.63, 3.8) is 0 Å². The van der Waals surface area contributed by atoms with E-state index in [2.05, 4.69) is 26.2 Å². The Balaban J connectivity index is 1.88. The van der Waals surface area contributed by atoms with Crippen LogP contribution in [-0.4, -0.2) is 21.4 Å². The summed E-state index contributed by atoms with van der Waals surface area (Å²) in [7, 11) is 1.42. The topological polar surface area (TPSA) is 90.3 Å². The van der Waals surface area contributed by atoms with Crippen LogP contribution in [0, 0.1) is 5.82 Å². The number of benzene rings is 2. The lowest BCUT2D eigenvalue weighted by Crippen LogP contribution is -2.31. The maximum Gasteiger partial charge on any atom is 0.343 e. The SMILES string of the molecule is Cn1c(Br)nc(C(=O)NCc2ccc(F)cc2)c(OC(=O)c2ccccc2)c1=O. The van der Waals surface area contributed by atoms with Gasteiger partial charge in [0.2, 0.25) is 5.75 Å². The second-order valence-corrected chi connectivity index (χ2v) is 6.70. The van der Waals surface area contributed by atoms with Crippen LogP contribution in [0.5, 0.6) is 5.75 Å². The van der Waals surface area contributed by atoms with Gasteiger partial charge in [-0.2, -0.15) is 0 Å². The van der Waals surface area contributed by atoms with Gasteiger partial charge in [0, 0.05) is 13.6 Å². The number of nitrogens with zero attached hydrogens (tertiary/aromatic N) is 2. The summed E-state index contributed by atoms with van der Waals surface area (Å²) >= 11 is 3.10. The van der Waals surface area contributed by atoms with Gasteiger partial charge in [-0.15, -0.1) is 0 Å². The first kappa shape index (κ1) is 20.4. The van der Waals surface area contributed by atoms with E-state index < -0.39 is 29.0 Å². The van der Waals surface area contributed by atoms with Gasteiger partial charge in [-0.05, 0) is 45.8 Å². The van der Waals surface area contributed by atoms with Crippen LogP contribution in [0.2, 0.25) is 0 Å². The van der Waals surface area contributed by atoms with Crippen LogP contribution in [0.15, 0.2) is 64.1 Å². The summed E-state index contributed by atoms with van der Waals surface area (Å²) in [5.74, 6) is -2.39. The molecule has 0 bridgehead atoms. The van der Waals surface area contributed by atoms with Crippen LogP contribution >= 0.6 is 15.9 Å². The quantitative estimate of drug-likeness (QED) is 0.467. The van der Waals surface area contributed by atoms with E-state index in [1.54, 1.807) is 18.2 Å². The molecule has 29 heavy (non-hydrogen) atoms. The van der Waals surface area contributed by atoms with Gasteiger partial charge in [0.1, 0.15) is 5.82 Å². The number of halogens is 2. The third-order valence-corrected chi connectivity index (χ3v) is 4.69. The number of hydrogen-bond acceptors (Lipinski definition) is 5. The Morgan fingerprint density at radius 1 is 1.14 bits per heavy atom. The molecule has 0 atom stereocenters. The molecular formula is C20H15BrFN3O4. The van der Waals surface area contributed by atoms with Gasteiger partial charge in [-0.3, -0.25) is 14.2 Å². The highest BCUT2D eigenvalue weighted by Gasteiger charge is 2.24. The zero-order valence-electron chi connectivity index (χ0n) is 15.2. The monoisotopic (exact) mass is 459 g/mol. The van der Waals surface area contributed by atoms with Gasteiger partial charge in [0.15, 0.2) is 10.4 Å². The maximum atomic E-state index is 13.0. The van der Waals surface area contributed by atoms with Gasteiger partial charge in [0.25, 0.3) is 11.5 Å². The number of aromatic nitrogens is 2. The number of amides is 1. The first-order valence-corrected chi connectivity index (χ1v) is 9.22. The summed E-state index contributed by atoms with van der Waals surface area (Å²) < 4.78 is 19.4. The molecule has 1 aromatic heterocycles. The summed E-state index contributed by atoms with van der Waals surface area (Å²) in [5.41, 5.74) is -0.185. The fourth-order valence-electron chi connectivity index (χ4n) is 2.40. The zero-order chi connectivity index (χ0) is 21.0. The molecule has 0 aliphatic heterocycles. The third-order valence-electron chi connectivity index (χ3n) is 3.98. The number of rotatable bonds is 5. The number of ether oxygens (including phenoxy) is 1. The van der Waals surface area contributed by atoms with Crippen LogP contribution in [0.25, 0.3) is 0 Å². The normalized spacial score (nSPS) is 10.4. The summed E-state index contributed by atoms with van der Waals surface area (Å²) in [6.45, 7) is 0.0691. The van der Waals surface area contributed by atoms with Crippen molar-refractivity contribution in [3.05, 3.63) is 92.3 Å². The minimum Gasteiger partial charge on any atom is -0.414 e. The summed E-state index contributed by atoms with van der Waals surface area (Å²) in [5, 5.41) is 2.58. The predicted octanol–water partition coefficient (Wildman–Crippen LogP) is 2.83. The number of hydrogen-bond donors (Lipinski definition) is 1. The fourth-order valence-corrected chi connectivity index (χ4v) is 2.73. The Kier molecular flexibility index (Phi) is 6.18. The molecular weight excluding hydrogens is 445 g/mol. The average molecular weight is 460 g/mol. The van der Waals surface area contributed by atoms with E-state index in [0.717, 1.165) is 4.57 Å². The van der Waals surface area contributed by atoms with Gasteiger partial charge < -0.3 is 10.1 Å².